The van der Waals surface area contributed by atoms with Crippen LogP contribution < -0.4 is 10.0 Å². The number of rotatable bonds is 5. The van der Waals surface area contributed by atoms with Crippen LogP contribution >= 0.6 is 0 Å². The number of carbonyl (C=O) groups excluding carboxylic acids is 2. The van der Waals surface area contributed by atoms with E-state index in [0.29, 0.717) is 30.8 Å². The number of likely N-dealkylation sites (tertiary alicyclic amines) is 1. The molecule has 0 aromatic heterocycles. The Balaban J connectivity index is 1.60. The summed E-state index contributed by atoms with van der Waals surface area (Å²) in [6.45, 7) is 8.38. The Hall–Kier alpha value is -2.44. The van der Waals surface area contributed by atoms with Crippen molar-refractivity contribution in [2.75, 3.05) is 19.6 Å². The summed E-state index contributed by atoms with van der Waals surface area (Å²) in [7, 11) is -3.73. The Morgan fingerprint density at radius 3 is 2.52 bits per heavy atom. The smallest absolute Gasteiger partial charge is 0.241 e. The van der Waals surface area contributed by atoms with Crippen LogP contribution in [0, 0.1) is 50.9 Å². The molecule has 2 heterocycles. The van der Waals surface area contributed by atoms with Gasteiger partial charge in [0, 0.05) is 32.1 Å². The van der Waals surface area contributed by atoms with Gasteiger partial charge in [0.2, 0.25) is 21.8 Å². The second-order valence-corrected chi connectivity index (χ2v) is 10.4. The molecule has 2 aliphatic heterocycles. The second kappa shape index (κ2) is 8.97. The molecule has 3 unspecified atom stereocenters. The van der Waals surface area contributed by atoms with E-state index in [1.54, 1.807) is 18.7 Å². The monoisotopic (exact) mass is 446 g/mol. The van der Waals surface area contributed by atoms with Crippen molar-refractivity contribution < 1.29 is 18.0 Å². The maximum Gasteiger partial charge on any atom is 0.241 e. The predicted molar refractivity (Wildman–Crippen MR) is 116 cm³/mol. The minimum Gasteiger partial charge on any atom is -0.352 e. The Kier molecular flexibility index (Phi) is 6.72. The number of hydrogen-bond donors (Lipinski definition) is 2. The van der Waals surface area contributed by atoms with E-state index in [1.807, 2.05) is 26.0 Å². The lowest BCUT2D eigenvalue weighted by Gasteiger charge is -2.42. The van der Waals surface area contributed by atoms with E-state index in [-0.39, 0.29) is 36.7 Å². The molecule has 0 saturated carbocycles. The van der Waals surface area contributed by atoms with E-state index in [0.717, 1.165) is 22.3 Å². The van der Waals surface area contributed by atoms with Gasteiger partial charge in [-0.3, -0.25) is 9.59 Å². The fourth-order valence-corrected chi connectivity index (χ4v) is 6.24. The van der Waals surface area contributed by atoms with Gasteiger partial charge in [0.1, 0.15) is 5.92 Å². The zero-order valence-electron chi connectivity index (χ0n) is 18.5. The average molecular weight is 447 g/mol. The molecule has 2 aliphatic rings. The molecule has 2 saturated heterocycles. The Morgan fingerprint density at radius 2 is 1.90 bits per heavy atom. The number of amides is 2. The van der Waals surface area contributed by atoms with Gasteiger partial charge in [-0.1, -0.05) is 6.07 Å². The fourth-order valence-electron chi connectivity index (χ4n) is 4.60. The van der Waals surface area contributed by atoms with Crippen LogP contribution in [-0.4, -0.2) is 50.8 Å². The topological polar surface area (TPSA) is 119 Å². The second-order valence-electron chi connectivity index (χ2n) is 8.66. The summed E-state index contributed by atoms with van der Waals surface area (Å²) >= 11 is 0. The number of nitrogens with zero attached hydrogens (tertiary/aromatic N) is 2. The lowest BCUT2D eigenvalue weighted by atomic mass is 9.80. The zero-order valence-corrected chi connectivity index (χ0v) is 19.3. The molecular formula is C22H30N4O4S. The third-order valence-corrected chi connectivity index (χ3v) is 8.36. The first-order chi connectivity index (χ1) is 14.5. The van der Waals surface area contributed by atoms with Crippen molar-refractivity contribution in [1.29, 1.82) is 5.26 Å². The van der Waals surface area contributed by atoms with Gasteiger partial charge in [0.15, 0.2) is 0 Å². The molecule has 2 fully saturated rings. The van der Waals surface area contributed by atoms with Crippen molar-refractivity contribution >= 4 is 21.8 Å². The van der Waals surface area contributed by atoms with Crippen LogP contribution in [0.15, 0.2) is 11.0 Å². The van der Waals surface area contributed by atoms with Crippen LogP contribution in [0.5, 0.6) is 0 Å². The number of piperidine rings is 2. The quantitative estimate of drug-likeness (QED) is 0.710. The van der Waals surface area contributed by atoms with Crippen molar-refractivity contribution in [1.82, 2.24) is 14.9 Å². The highest BCUT2D eigenvalue weighted by atomic mass is 32.2. The highest BCUT2D eigenvalue weighted by Crippen LogP contribution is 2.29. The number of carbonyl (C=O) groups is 2. The summed E-state index contributed by atoms with van der Waals surface area (Å²) in [4.78, 5) is 26.6. The molecule has 0 aliphatic carbocycles. The van der Waals surface area contributed by atoms with Crippen LogP contribution in [0.1, 0.15) is 41.5 Å². The van der Waals surface area contributed by atoms with Gasteiger partial charge in [-0.05, 0) is 68.7 Å². The summed E-state index contributed by atoms with van der Waals surface area (Å²) in [6, 6.07) is 3.99. The van der Waals surface area contributed by atoms with Crippen LogP contribution in [0.25, 0.3) is 0 Å². The van der Waals surface area contributed by atoms with Crippen LogP contribution in [0.2, 0.25) is 0 Å². The normalized spacial score (nSPS) is 23.6. The molecule has 0 spiro atoms. The standard InChI is InChI=1S/C22H30N4O4S/c1-13-9-14(2)16(4)21(15(13)3)31(29,30)24-7-5-20(27)26-8-6-19-18(12-26)10-17(11-23)22(28)25-19/h9,17-19,24H,5-8,10,12H2,1-4H3,(H,25,28). The molecule has 1 aromatic carbocycles. The largest absolute Gasteiger partial charge is 0.352 e. The van der Waals surface area contributed by atoms with Gasteiger partial charge in [0.05, 0.1) is 11.0 Å². The molecule has 168 valence electrons. The molecule has 2 amide bonds. The maximum atomic E-state index is 12.9. The number of nitriles is 1. The predicted octanol–water partition coefficient (Wildman–Crippen LogP) is 1.47. The molecule has 1 aromatic rings. The third-order valence-electron chi connectivity index (χ3n) is 6.62. The van der Waals surface area contributed by atoms with E-state index in [9.17, 15) is 18.0 Å². The highest BCUT2D eigenvalue weighted by Gasteiger charge is 2.39. The SMILES string of the molecule is Cc1cc(C)c(C)c(S(=O)(=O)NCCC(=O)N2CCC3NC(=O)C(C#N)CC3C2)c1C. The van der Waals surface area contributed by atoms with Crippen molar-refractivity contribution in [3.8, 4) is 6.07 Å². The minimum absolute atomic E-state index is 0.00448. The number of hydrogen-bond acceptors (Lipinski definition) is 5. The Labute approximate surface area is 184 Å². The molecule has 3 atom stereocenters. The van der Waals surface area contributed by atoms with Gasteiger partial charge in [-0.2, -0.15) is 5.26 Å². The van der Waals surface area contributed by atoms with Crippen molar-refractivity contribution in [3.63, 3.8) is 0 Å². The molecule has 8 nitrogen and oxygen atoms in total. The first-order valence-corrected chi connectivity index (χ1v) is 12.1. The van der Waals surface area contributed by atoms with Gasteiger partial charge in [-0.25, -0.2) is 13.1 Å². The Bertz CT molecular complexity index is 1020. The molecule has 31 heavy (non-hydrogen) atoms. The lowest BCUT2D eigenvalue weighted by molar-refractivity contribution is -0.135. The summed E-state index contributed by atoms with van der Waals surface area (Å²) < 4.78 is 28.4. The molecule has 0 radical (unpaired) electrons. The molecule has 2 N–H and O–H groups in total. The van der Waals surface area contributed by atoms with E-state index in [2.05, 4.69) is 10.0 Å². The van der Waals surface area contributed by atoms with Crippen LogP contribution in [0.3, 0.4) is 0 Å². The molecule has 3 rings (SSSR count). The van der Waals surface area contributed by atoms with Gasteiger partial charge in [-0.15, -0.1) is 0 Å². The number of nitrogens with one attached hydrogen (secondary N) is 2. The number of benzene rings is 1. The summed E-state index contributed by atoms with van der Waals surface area (Å²) in [6.07, 6.45) is 1.16. The average Bonchev–Trinajstić information content (AvgIpc) is 2.71. The van der Waals surface area contributed by atoms with Gasteiger partial charge < -0.3 is 10.2 Å². The highest BCUT2D eigenvalue weighted by molar-refractivity contribution is 7.89. The third kappa shape index (κ3) is 4.75. The molecular weight excluding hydrogens is 416 g/mol. The number of fused-ring (bicyclic) bond motifs is 1. The van der Waals surface area contributed by atoms with Crippen LogP contribution in [-0.2, 0) is 19.6 Å². The van der Waals surface area contributed by atoms with E-state index in [1.165, 1.54) is 0 Å². The van der Waals surface area contributed by atoms with E-state index < -0.39 is 15.9 Å². The van der Waals surface area contributed by atoms with Gasteiger partial charge >= 0.3 is 0 Å². The maximum absolute atomic E-state index is 12.9. The summed E-state index contributed by atoms with van der Waals surface area (Å²) in [5.41, 5.74) is 3.26. The summed E-state index contributed by atoms with van der Waals surface area (Å²) in [5, 5.41) is 12.0. The number of sulfonamides is 1. The zero-order chi connectivity index (χ0) is 22.9. The van der Waals surface area contributed by atoms with Crippen molar-refractivity contribution in [2.45, 2.75) is 57.9 Å². The fraction of sp³-hybridized carbons (Fsp3) is 0.591. The first kappa shape index (κ1) is 23.2. The van der Waals surface area contributed by atoms with Crippen molar-refractivity contribution in [2.24, 2.45) is 11.8 Å². The molecule has 0 bridgehead atoms. The first-order valence-electron chi connectivity index (χ1n) is 10.6. The lowest BCUT2D eigenvalue weighted by Crippen LogP contribution is -2.57. The Morgan fingerprint density at radius 1 is 1.26 bits per heavy atom. The summed E-state index contributed by atoms with van der Waals surface area (Å²) in [5.74, 6) is -0.972. The minimum atomic E-state index is -3.73. The van der Waals surface area contributed by atoms with E-state index in [4.69, 9.17) is 5.26 Å². The number of aryl methyl sites for hydroxylation is 2. The van der Waals surface area contributed by atoms with Crippen LogP contribution in [0.4, 0.5) is 0 Å². The molecule has 9 heteroatoms. The van der Waals surface area contributed by atoms with Gasteiger partial charge in [0.25, 0.3) is 0 Å². The van der Waals surface area contributed by atoms with Crippen molar-refractivity contribution in [3.05, 3.63) is 28.3 Å². The van der Waals surface area contributed by atoms with E-state index >= 15 is 0 Å².